The molecule has 94 valence electrons. The van der Waals surface area contributed by atoms with Crippen molar-refractivity contribution in [2.45, 2.75) is 32.3 Å². The van der Waals surface area contributed by atoms with Crippen LogP contribution in [0.25, 0.3) is 0 Å². The van der Waals surface area contributed by atoms with Crippen LogP contribution in [0.3, 0.4) is 0 Å². The Labute approximate surface area is 108 Å². The van der Waals surface area contributed by atoms with Crippen molar-refractivity contribution in [2.24, 2.45) is 0 Å². The fourth-order valence-corrected chi connectivity index (χ4v) is 1.84. The number of pyridine rings is 1. The van der Waals surface area contributed by atoms with Gasteiger partial charge >= 0.3 is 0 Å². The monoisotopic (exact) mass is 241 g/mol. The highest BCUT2D eigenvalue weighted by Gasteiger charge is 2.16. The second-order valence-electron chi connectivity index (χ2n) is 5.54. The standard InChI is InChI=1S/C16H19NO/c1-16(2,3)14-10-9-13(11-17-14)15(18)12-7-5-4-6-8-12/h4-11,15,18H,1-3H3. The Morgan fingerprint density at radius 1 is 0.944 bits per heavy atom. The summed E-state index contributed by atoms with van der Waals surface area (Å²) in [5.41, 5.74) is 2.79. The fourth-order valence-electron chi connectivity index (χ4n) is 1.84. The van der Waals surface area contributed by atoms with E-state index in [4.69, 9.17) is 0 Å². The first-order valence-corrected chi connectivity index (χ1v) is 6.18. The van der Waals surface area contributed by atoms with Gasteiger partial charge in [0.1, 0.15) is 6.10 Å². The van der Waals surface area contributed by atoms with E-state index in [-0.39, 0.29) is 5.41 Å². The van der Waals surface area contributed by atoms with Crippen molar-refractivity contribution in [1.29, 1.82) is 0 Å². The maximum absolute atomic E-state index is 10.2. The first kappa shape index (κ1) is 12.8. The van der Waals surface area contributed by atoms with Crippen LogP contribution in [0.4, 0.5) is 0 Å². The molecule has 1 aromatic heterocycles. The van der Waals surface area contributed by atoms with Gasteiger partial charge in [0.25, 0.3) is 0 Å². The van der Waals surface area contributed by atoms with Crippen LogP contribution in [0.1, 0.15) is 43.7 Å². The maximum atomic E-state index is 10.2. The molecule has 0 aliphatic heterocycles. The third kappa shape index (κ3) is 2.77. The zero-order valence-electron chi connectivity index (χ0n) is 11.1. The average Bonchev–Trinajstić information content (AvgIpc) is 2.38. The number of aromatic nitrogens is 1. The highest BCUT2D eigenvalue weighted by atomic mass is 16.3. The van der Waals surface area contributed by atoms with Gasteiger partial charge in [-0.1, -0.05) is 57.2 Å². The van der Waals surface area contributed by atoms with Gasteiger partial charge in [-0.15, -0.1) is 0 Å². The quantitative estimate of drug-likeness (QED) is 0.873. The molecule has 0 saturated heterocycles. The molecule has 2 heteroatoms. The van der Waals surface area contributed by atoms with Crippen LogP contribution in [0.15, 0.2) is 48.7 Å². The van der Waals surface area contributed by atoms with Gasteiger partial charge in [0.05, 0.1) is 0 Å². The van der Waals surface area contributed by atoms with Crippen LogP contribution in [-0.2, 0) is 5.41 Å². The summed E-state index contributed by atoms with van der Waals surface area (Å²) in [6.45, 7) is 6.38. The summed E-state index contributed by atoms with van der Waals surface area (Å²) in [5.74, 6) is 0. The van der Waals surface area contributed by atoms with Crippen molar-refractivity contribution < 1.29 is 5.11 Å². The molecule has 0 aliphatic rings. The van der Waals surface area contributed by atoms with E-state index in [9.17, 15) is 5.11 Å². The van der Waals surface area contributed by atoms with E-state index >= 15 is 0 Å². The van der Waals surface area contributed by atoms with E-state index in [2.05, 4.69) is 25.8 Å². The number of aliphatic hydroxyl groups is 1. The summed E-state index contributed by atoms with van der Waals surface area (Å²) in [6, 6.07) is 13.6. The Bertz CT molecular complexity index is 497. The molecule has 0 spiro atoms. The topological polar surface area (TPSA) is 33.1 Å². The molecule has 0 aliphatic carbocycles. The van der Waals surface area contributed by atoms with E-state index in [1.54, 1.807) is 6.20 Å². The van der Waals surface area contributed by atoms with E-state index < -0.39 is 6.10 Å². The van der Waals surface area contributed by atoms with Gasteiger partial charge in [-0.05, 0) is 11.6 Å². The molecule has 0 radical (unpaired) electrons. The molecule has 0 saturated carbocycles. The lowest BCUT2D eigenvalue weighted by molar-refractivity contribution is 0.219. The molecule has 0 amide bonds. The molecule has 1 heterocycles. The lowest BCUT2D eigenvalue weighted by atomic mass is 9.91. The van der Waals surface area contributed by atoms with Gasteiger partial charge in [-0.2, -0.15) is 0 Å². The maximum Gasteiger partial charge on any atom is 0.106 e. The van der Waals surface area contributed by atoms with Crippen LogP contribution in [0, 0.1) is 0 Å². The summed E-state index contributed by atoms with van der Waals surface area (Å²) in [6.07, 6.45) is 1.16. The normalized spacial score (nSPS) is 13.3. The number of rotatable bonds is 2. The second kappa shape index (κ2) is 4.91. The molecule has 1 unspecified atom stereocenters. The third-order valence-electron chi connectivity index (χ3n) is 2.99. The minimum atomic E-state index is -0.604. The zero-order chi connectivity index (χ0) is 13.2. The minimum Gasteiger partial charge on any atom is -0.384 e. The van der Waals surface area contributed by atoms with Crippen molar-refractivity contribution in [3.05, 3.63) is 65.5 Å². The molecule has 1 N–H and O–H groups in total. The first-order valence-electron chi connectivity index (χ1n) is 6.18. The Morgan fingerprint density at radius 2 is 1.61 bits per heavy atom. The molecule has 0 bridgehead atoms. The van der Waals surface area contributed by atoms with Crippen LogP contribution in [0.2, 0.25) is 0 Å². The number of benzene rings is 1. The van der Waals surface area contributed by atoms with Gasteiger partial charge in [0.15, 0.2) is 0 Å². The van der Waals surface area contributed by atoms with E-state index in [0.29, 0.717) is 0 Å². The summed E-state index contributed by atoms with van der Waals surface area (Å²) in [7, 11) is 0. The van der Waals surface area contributed by atoms with Crippen molar-refractivity contribution in [2.75, 3.05) is 0 Å². The molecule has 2 aromatic rings. The predicted octanol–water partition coefficient (Wildman–Crippen LogP) is 3.46. The molecular formula is C16H19NO. The van der Waals surface area contributed by atoms with Crippen LogP contribution < -0.4 is 0 Å². The van der Waals surface area contributed by atoms with Crippen LogP contribution >= 0.6 is 0 Å². The van der Waals surface area contributed by atoms with Gasteiger partial charge in [0.2, 0.25) is 0 Å². The van der Waals surface area contributed by atoms with Crippen LogP contribution in [-0.4, -0.2) is 10.1 Å². The SMILES string of the molecule is CC(C)(C)c1ccc(C(O)c2ccccc2)cn1. The van der Waals surface area contributed by atoms with E-state index in [1.165, 1.54) is 0 Å². The Balaban J connectivity index is 2.25. The highest BCUT2D eigenvalue weighted by Crippen LogP contribution is 2.24. The van der Waals surface area contributed by atoms with E-state index in [1.807, 2.05) is 42.5 Å². The van der Waals surface area contributed by atoms with Gasteiger partial charge in [-0.25, -0.2) is 0 Å². The summed E-state index contributed by atoms with van der Waals surface area (Å²) in [4.78, 5) is 4.44. The fraction of sp³-hybridized carbons (Fsp3) is 0.312. The molecule has 2 nitrogen and oxygen atoms in total. The Hall–Kier alpha value is -1.67. The van der Waals surface area contributed by atoms with Gasteiger partial charge < -0.3 is 5.11 Å². The van der Waals surface area contributed by atoms with Crippen molar-refractivity contribution in [1.82, 2.24) is 4.98 Å². The lowest BCUT2D eigenvalue weighted by Gasteiger charge is -2.18. The minimum absolute atomic E-state index is 0.0379. The Kier molecular flexibility index (Phi) is 3.48. The van der Waals surface area contributed by atoms with Gasteiger partial charge in [-0.3, -0.25) is 4.98 Å². The molecule has 1 atom stereocenters. The van der Waals surface area contributed by atoms with E-state index in [0.717, 1.165) is 16.8 Å². The second-order valence-corrected chi connectivity index (χ2v) is 5.54. The molecule has 18 heavy (non-hydrogen) atoms. The summed E-state index contributed by atoms with van der Waals surface area (Å²) < 4.78 is 0. The number of hydrogen-bond acceptors (Lipinski definition) is 2. The van der Waals surface area contributed by atoms with Crippen molar-refractivity contribution in [3.8, 4) is 0 Å². The molecule has 0 fully saturated rings. The van der Waals surface area contributed by atoms with Crippen LogP contribution in [0.5, 0.6) is 0 Å². The number of nitrogens with zero attached hydrogens (tertiary/aromatic N) is 1. The van der Waals surface area contributed by atoms with Gasteiger partial charge in [0, 0.05) is 22.9 Å². The molecular weight excluding hydrogens is 222 g/mol. The molecule has 1 aromatic carbocycles. The zero-order valence-corrected chi connectivity index (χ0v) is 11.1. The largest absolute Gasteiger partial charge is 0.384 e. The smallest absolute Gasteiger partial charge is 0.106 e. The first-order chi connectivity index (χ1) is 8.48. The number of aliphatic hydroxyl groups excluding tert-OH is 1. The Morgan fingerprint density at radius 3 is 2.11 bits per heavy atom. The molecule has 2 rings (SSSR count). The third-order valence-corrected chi connectivity index (χ3v) is 2.99. The summed E-state index contributed by atoms with van der Waals surface area (Å²) in [5, 5.41) is 10.2. The predicted molar refractivity (Wildman–Crippen MR) is 73.4 cm³/mol. The van der Waals surface area contributed by atoms with Crippen molar-refractivity contribution in [3.63, 3.8) is 0 Å². The highest BCUT2D eigenvalue weighted by molar-refractivity contribution is 5.29. The number of hydrogen-bond donors (Lipinski definition) is 1. The van der Waals surface area contributed by atoms with Crippen molar-refractivity contribution >= 4 is 0 Å². The lowest BCUT2D eigenvalue weighted by Crippen LogP contribution is -2.13. The average molecular weight is 241 g/mol. The summed E-state index contributed by atoms with van der Waals surface area (Å²) >= 11 is 0.